The molecule has 0 N–H and O–H groups in total. The summed E-state index contributed by atoms with van der Waals surface area (Å²) in [5.74, 6) is 1.05. The molecule has 0 aliphatic rings. The van der Waals surface area contributed by atoms with Gasteiger partial charge < -0.3 is 4.74 Å². The first-order valence-corrected chi connectivity index (χ1v) is 8.45. The number of benzene rings is 1. The predicted octanol–water partition coefficient (Wildman–Crippen LogP) is 5.80. The van der Waals surface area contributed by atoms with Crippen LogP contribution in [0.1, 0.15) is 81.5 Å². The first-order chi connectivity index (χ1) is 10.3. The summed E-state index contributed by atoms with van der Waals surface area (Å²) < 4.78 is 5.10. The van der Waals surface area contributed by atoms with Crippen molar-refractivity contribution in [1.82, 2.24) is 0 Å². The highest BCUT2D eigenvalue weighted by molar-refractivity contribution is 5.96. The Labute approximate surface area is 129 Å². The molecule has 0 unspecified atom stereocenters. The average Bonchev–Trinajstić information content (AvgIpc) is 2.53. The van der Waals surface area contributed by atoms with Gasteiger partial charge in [-0.3, -0.25) is 4.79 Å². The highest BCUT2D eigenvalue weighted by atomic mass is 16.5. The molecule has 0 aliphatic heterocycles. The number of Topliss-reactive ketones (excluding diaryl/α,β-unsaturated/α-hetero) is 1. The third kappa shape index (κ3) is 7.89. The van der Waals surface area contributed by atoms with Crippen LogP contribution in [0.2, 0.25) is 0 Å². The van der Waals surface area contributed by atoms with E-state index in [0.717, 1.165) is 17.7 Å². The zero-order valence-corrected chi connectivity index (χ0v) is 13.7. The average molecular weight is 290 g/mol. The quantitative estimate of drug-likeness (QED) is 0.359. The van der Waals surface area contributed by atoms with Crippen molar-refractivity contribution < 1.29 is 9.53 Å². The molecule has 1 aromatic carbocycles. The molecule has 1 aromatic rings. The van der Waals surface area contributed by atoms with Gasteiger partial charge in [0, 0.05) is 12.0 Å². The Kier molecular flexibility index (Phi) is 9.60. The Bertz CT molecular complexity index is 381. The van der Waals surface area contributed by atoms with Crippen LogP contribution in [-0.4, -0.2) is 12.9 Å². The molecule has 0 bridgehead atoms. The van der Waals surface area contributed by atoms with Crippen LogP contribution in [0.4, 0.5) is 0 Å². The largest absolute Gasteiger partial charge is 0.497 e. The molecule has 0 aliphatic carbocycles. The molecule has 2 nitrogen and oxygen atoms in total. The fourth-order valence-electron chi connectivity index (χ4n) is 2.52. The van der Waals surface area contributed by atoms with Crippen LogP contribution < -0.4 is 4.74 Å². The number of ether oxygens (including phenoxy) is 1. The summed E-state index contributed by atoms with van der Waals surface area (Å²) >= 11 is 0. The van der Waals surface area contributed by atoms with Crippen LogP contribution >= 0.6 is 0 Å². The second-order valence-corrected chi connectivity index (χ2v) is 5.73. The maximum absolute atomic E-state index is 12.0. The molecule has 0 spiro atoms. The lowest BCUT2D eigenvalue weighted by Gasteiger charge is -2.04. The number of unbranched alkanes of at least 4 members (excludes halogenated alkanes) is 8. The maximum Gasteiger partial charge on any atom is 0.162 e. The van der Waals surface area contributed by atoms with Crippen molar-refractivity contribution in [3.8, 4) is 5.75 Å². The number of hydrogen-bond donors (Lipinski definition) is 0. The molecule has 0 saturated heterocycles. The first kappa shape index (κ1) is 17.7. The van der Waals surface area contributed by atoms with Crippen LogP contribution in [0.3, 0.4) is 0 Å². The SMILES string of the molecule is CCCCCCCCCCCC(=O)c1ccc(OC)cc1. The van der Waals surface area contributed by atoms with Gasteiger partial charge in [0.1, 0.15) is 5.75 Å². The highest BCUT2D eigenvalue weighted by Gasteiger charge is 2.05. The maximum atomic E-state index is 12.0. The summed E-state index contributed by atoms with van der Waals surface area (Å²) in [7, 11) is 1.64. The fraction of sp³-hybridized carbons (Fsp3) is 0.632. The Morgan fingerprint density at radius 2 is 1.38 bits per heavy atom. The number of rotatable bonds is 12. The topological polar surface area (TPSA) is 26.3 Å². The van der Waals surface area contributed by atoms with Crippen LogP contribution in [0.5, 0.6) is 5.75 Å². The minimum atomic E-state index is 0.251. The van der Waals surface area contributed by atoms with E-state index in [9.17, 15) is 4.79 Å². The fourth-order valence-corrected chi connectivity index (χ4v) is 2.52. The molecule has 0 radical (unpaired) electrons. The molecule has 21 heavy (non-hydrogen) atoms. The van der Waals surface area contributed by atoms with Gasteiger partial charge in [0.25, 0.3) is 0 Å². The van der Waals surface area contributed by atoms with Crippen molar-refractivity contribution in [3.63, 3.8) is 0 Å². The summed E-state index contributed by atoms with van der Waals surface area (Å²) in [6.45, 7) is 2.25. The smallest absolute Gasteiger partial charge is 0.162 e. The van der Waals surface area contributed by atoms with Crippen molar-refractivity contribution in [2.45, 2.75) is 71.1 Å². The molecule has 0 aromatic heterocycles. The van der Waals surface area contributed by atoms with Gasteiger partial charge in [-0.25, -0.2) is 0 Å². The van der Waals surface area contributed by atoms with Crippen molar-refractivity contribution in [2.24, 2.45) is 0 Å². The molecule has 118 valence electrons. The molecular weight excluding hydrogens is 260 g/mol. The van der Waals surface area contributed by atoms with Gasteiger partial charge in [0.05, 0.1) is 7.11 Å². The van der Waals surface area contributed by atoms with Crippen molar-refractivity contribution in [3.05, 3.63) is 29.8 Å². The summed E-state index contributed by atoms with van der Waals surface area (Å²) in [6, 6.07) is 7.41. The predicted molar refractivity (Wildman–Crippen MR) is 89.2 cm³/mol. The molecule has 0 fully saturated rings. The lowest BCUT2D eigenvalue weighted by atomic mass is 10.0. The summed E-state index contributed by atoms with van der Waals surface area (Å²) in [4.78, 5) is 12.0. The zero-order valence-electron chi connectivity index (χ0n) is 13.7. The molecule has 1 rings (SSSR count). The molecule has 0 atom stereocenters. The molecular formula is C19H30O2. The summed E-state index contributed by atoms with van der Waals surface area (Å²) in [6.07, 6.45) is 12.2. The van der Waals surface area contributed by atoms with Crippen LogP contribution in [0, 0.1) is 0 Å². The second kappa shape index (κ2) is 11.4. The molecule has 2 heteroatoms. The minimum Gasteiger partial charge on any atom is -0.497 e. The number of carbonyl (C=O) groups excluding carboxylic acids is 1. The Morgan fingerprint density at radius 1 is 0.857 bits per heavy atom. The van der Waals surface area contributed by atoms with Crippen LogP contribution in [-0.2, 0) is 0 Å². The van der Waals surface area contributed by atoms with Gasteiger partial charge >= 0.3 is 0 Å². The molecule has 0 heterocycles. The Morgan fingerprint density at radius 3 is 1.90 bits per heavy atom. The monoisotopic (exact) mass is 290 g/mol. The van der Waals surface area contributed by atoms with E-state index in [4.69, 9.17) is 4.74 Å². The van der Waals surface area contributed by atoms with E-state index in [2.05, 4.69) is 6.92 Å². The lowest BCUT2D eigenvalue weighted by Crippen LogP contribution is -1.98. The van der Waals surface area contributed by atoms with E-state index >= 15 is 0 Å². The van der Waals surface area contributed by atoms with Gasteiger partial charge in [-0.15, -0.1) is 0 Å². The van der Waals surface area contributed by atoms with E-state index in [1.54, 1.807) is 7.11 Å². The third-order valence-electron chi connectivity index (χ3n) is 3.92. The summed E-state index contributed by atoms with van der Waals surface area (Å²) in [5, 5.41) is 0. The molecule has 0 amide bonds. The number of methoxy groups -OCH3 is 1. The highest BCUT2D eigenvalue weighted by Crippen LogP contribution is 2.15. The minimum absolute atomic E-state index is 0.251. The van der Waals surface area contributed by atoms with E-state index in [-0.39, 0.29) is 5.78 Å². The van der Waals surface area contributed by atoms with Crippen LogP contribution in [0.25, 0.3) is 0 Å². The van der Waals surface area contributed by atoms with E-state index < -0.39 is 0 Å². The lowest BCUT2D eigenvalue weighted by molar-refractivity contribution is 0.0979. The first-order valence-electron chi connectivity index (χ1n) is 8.45. The number of carbonyl (C=O) groups is 1. The van der Waals surface area contributed by atoms with Gasteiger partial charge in [-0.2, -0.15) is 0 Å². The van der Waals surface area contributed by atoms with Crippen molar-refractivity contribution >= 4 is 5.78 Å². The summed E-state index contributed by atoms with van der Waals surface area (Å²) in [5.41, 5.74) is 0.801. The van der Waals surface area contributed by atoms with E-state index in [1.165, 1.54) is 51.4 Å². The van der Waals surface area contributed by atoms with E-state index in [0.29, 0.717) is 6.42 Å². The number of ketones is 1. The zero-order chi connectivity index (χ0) is 15.3. The Hall–Kier alpha value is -1.31. The van der Waals surface area contributed by atoms with E-state index in [1.807, 2.05) is 24.3 Å². The van der Waals surface area contributed by atoms with Crippen molar-refractivity contribution in [2.75, 3.05) is 7.11 Å². The number of hydrogen-bond acceptors (Lipinski definition) is 2. The van der Waals surface area contributed by atoms with Gasteiger partial charge in [-0.05, 0) is 30.7 Å². The normalized spacial score (nSPS) is 10.6. The van der Waals surface area contributed by atoms with Gasteiger partial charge in [-0.1, -0.05) is 58.3 Å². The second-order valence-electron chi connectivity index (χ2n) is 5.73. The third-order valence-corrected chi connectivity index (χ3v) is 3.92. The molecule has 0 saturated carbocycles. The van der Waals surface area contributed by atoms with Crippen LogP contribution in [0.15, 0.2) is 24.3 Å². The standard InChI is InChI=1S/C19H30O2/c1-3-4-5-6-7-8-9-10-11-12-19(20)17-13-15-18(21-2)16-14-17/h13-16H,3-12H2,1-2H3. The Balaban J connectivity index is 2.05. The van der Waals surface area contributed by atoms with Gasteiger partial charge in [0.2, 0.25) is 0 Å². The van der Waals surface area contributed by atoms with Crippen molar-refractivity contribution in [1.29, 1.82) is 0 Å². The van der Waals surface area contributed by atoms with Gasteiger partial charge in [0.15, 0.2) is 5.78 Å².